The number of allylic oxidation sites excluding steroid dienone is 2. The topological polar surface area (TPSA) is 21.3 Å². The minimum Gasteiger partial charge on any atom is -0.497 e. The third kappa shape index (κ3) is 2.25. The van der Waals surface area contributed by atoms with Gasteiger partial charge in [-0.15, -0.1) is 0 Å². The maximum Gasteiger partial charge on any atom is 0.119 e. The van der Waals surface area contributed by atoms with Crippen LogP contribution >= 0.6 is 0 Å². The molecular weight excluding hydrogens is 306 g/mol. The van der Waals surface area contributed by atoms with Gasteiger partial charge in [0.05, 0.1) is 13.2 Å². The molecule has 2 heteroatoms. The van der Waals surface area contributed by atoms with Crippen LogP contribution in [0.2, 0.25) is 0 Å². The second kappa shape index (κ2) is 5.66. The predicted octanol–water partition coefficient (Wildman–Crippen LogP) is 5.67. The summed E-state index contributed by atoms with van der Waals surface area (Å²) in [5.41, 5.74) is 3.99. The van der Waals surface area contributed by atoms with E-state index in [0.29, 0.717) is 17.9 Å². The van der Waals surface area contributed by atoms with E-state index in [1.807, 2.05) is 6.07 Å². The third-order valence-electron chi connectivity index (χ3n) is 5.73. The first-order valence-corrected chi connectivity index (χ1v) is 8.94. The Morgan fingerprint density at radius 1 is 0.960 bits per heavy atom. The molecule has 0 fully saturated rings. The number of hydrogen-bond acceptors (Lipinski definition) is 2. The summed E-state index contributed by atoms with van der Waals surface area (Å²) in [4.78, 5) is 0. The van der Waals surface area contributed by atoms with Crippen LogP contribution in [0.4, 0.5) is 5.69 Å². The van der Waals surface area contributed by atoms with Crippen LogP contribution in [0.15, 0.2) is 72.8 Å². The fourth-order valence-electron chi connectivity index (χ4n) is 4.53. The van der Waals surface area contributed by atoms with Gasteiger partial charge in [-0.2, -0.15) is 0 Å². The first-order chi connectivity index (χ1) is 12.3. The quantitative estimate of drug-likeness (QED) is 0.612. The Balaban J connectivity index is 1.65. The lowest BCUT2D eigenvalue weighted by Gasteiger charge is -2.38. The van der Waals surface area contributed by atoms with E-state index < -0.39 is 0 Å². The molecule has 0 aromatic heterocycles. The summed E-state index contributed by atoms with van der Waals surface area (Å²) in [7, 11) is 1.73. The molecule has 3 aromatic carbocycles. The second-order valence-corrected chi connectivity index (χ2v) is 7.00. The van der Waals surface area contributed by atoms with Crippen molar-refractivity contribution >= 4 is 16.5 Å². The minimum atomic E-state index is 0.326. The van der Waals surface area contributed by atoms with Crippen molar-refractivity contribution in [3.8, 4) is 5.75 Å². The van der Waals surface area contributed by atoms with E-state index in [1.54, 1.807) is 7.11 Å². The Morgan fingerprint density at radius 3 is 2.76 bits per heavy atom. The smallest absolute Gasteiger partial charge is 0.119 e. The Morgan fingerprint density at radius 2 is 1.84 bits per heavy atom. The second-order valence-electron chi connectivity index (χ2n) is 7.00. The molecule has 2 nitrogen and oxygen atoms in total. The highest BCUT2D eigenvalue weighted by Gasteiger charge is 2.38. The van der Waals surface area contributed by atoms with Gasteiger partial charge in [0.2, 0.25) is 0 Å². The summed E-state index contributed by atoms with van der Waals surface area (Å²) in [6, 6.07) is 22.1. The first kappa shape index (κ1) is 14.6. The van der Waals surface area contributed by atoms with Crippen molar-refractivity contribution in [1.29, 1.82) is 0 Å². The molecule has 0 radical (unpaired) electrons. The summed E-state index contributed by atoms with van der Waals surface area (Å²) in [6.45, 7) is 0. The molecule has 5 rings (SSSR count). The van der Waals surface area contributed by atoms with Crippen LogP contribution in [-0.2, 0) is 0 Å². The van der Waals surface area contributed by atoms with Crippen molar-refractivity contribution in [3.05, 3.63) is 83.9 Å². The van der Waals surface area contributed by atoms with Crippen molar-refractivity contribution in [3.63, 3.8) is 0 Å². The highest BCUT2D eigenvalue weighted by Crippen LogP contribution is 2.51. The lowest BCUT2D eigenvalue weighted by atomic mass is 9.76. The number of nitrogens with one attached hydrogen (secondary N) is 1. The average molecular weight is 327 g/mol. The minimum absolute atomic E-state index is 0.326. The van der Waals surface area contributed by atoms with Crippen LogP contribution < -0.4 is 10.1 Å². The molecule has 1 aliphatic heterocycles. The lowest BCUT2D eigenvalue weighted by molar-refractivity contribution is 0.406. The first-order valence-electron chi connectivity index (χ1n) is 8.94. The Bertz CT molecular complexity index is 969. The summed E-state index contributed by atoms with van der Waals surface area (Å²) in [6.07, 6.45) is 5.83. The number of ether oxygens (including phenoxy) is 1. The fourth-order valence-corrected chi connectivity index (χ4v) is 4.53. The number of rotatable bonds is 2. The number of fused-ring (bicyclic) bond motifs is 4. The largest absolute Gasteiger partial charge is 0.497 e. The molecule has 0 unspecified atom stereocenters. The van der Waals surface area contributed by atoms with Gasteiger partial charge in [-0.3, -0.25) is 0 Å². The molecule has 0 saturated heterocycles. The molecule has 0 spiro atoms. The molecule has 1 heterocycles. The highest BCUT2D eigenvalue weighted by molar-refractivity contribution is 5.86. The van der Waals surface area contributed by atoms with Gasteiger partial charge in [-0.25, -0.2) is 0 Å². The molecule has 2 aliphatic rings. The summed E-state index contributed by atoms with van der Waals surface area (Å²) in [5, 5.41) is 6.49. The van der Waals surface area contributed by atoms with Gasteiger partial charge >= 0.3 is 0 Å². The molecule has 1 N–H and O–H groups in total. The van der Waals surface area contributed by atoms with E-state index in [9.17, 15) is 0 Å². The SMILES string of the molecule is COc1ccc2c(c1)[C@@H]1C=CC[C@@H]1[C@H](c1cccc3ccccc13)N2. The predicted molar refractivity (Wildman–Crippen MR) is 103 cm³/mol. The zero-order chi connectivity index (χ0) is 16.8. The van der Waals surface area contributed by atoms with Crippen LogP contribution in [0.1, 0.15) is 29.5 Å². The fraction of sp³-hybridized carbons (Fsp3) is 0.217. The Labute approximate surface area is 148 Å². The van der Waals surface area contributed by atoms with Gasteiger partial charge in [0.25, 0.3) is 0 Å². The maximum atomic E-state index is 5.45. The van der Waals surface area contributed by atoms with Gasteiger partial charge in [0.1, 0.15) is 5.75 Å². The standard InChI is InChI=1S/C23H21NO/c1-25-16-12-13-22-21(14-16)18-9-5-11-20(18)23(24-22)19-10-4-7-15-6-2-3-8-17(15)19/h2-10,12-14,18,20,23-24H,11H2,1H3/t18-,20+,23+/m1/s1. The van der Waals surface area contributed by atoms with E-state index in [4.69, 9.17) is 4.74 Å². The molecule has 0 amide bonds. The molecular formula is C23H21NO. The zero-order valence-electron chi connectivity index (χ0n) is 14.3. The molecule has 3 atom stereocenters. The van der Waals surface area contributed by atoms with Gasteiger partial charge in [0, 0.05) is 11.6 Å². The van der Waals surface area contributed by atoms with Gasteiger partial charge < -0.3 is 10.1 Å². The van der Waals surface area contributed by atoms with E-state index in [-0.39, 0.29) is 0 Å². The summed E-state index contributed by atoms with van der Waals surface area (Å²) >= 11 is 0. The van der Waals surface area contributed by atoms with Crippen molar-refractivity contribution in [2.24, 2.45) is 5.92 Å². The van der Waals surface area contributed by atoms with Crippen molar-refractivity contribution in [1.82, 2.24) is 0 Å². The number of anilines is 1. The van der Waals surface area contributed by atoms with E-state index in [1.165, 1.54) is 27.6 Å². The van der Waals surface area contributed by atoms with E-state index in [2.05, 4.69) is 72.1 Å². The highest BCUT2D eigenvalue weighted by atomic mass is 16.5. The van der Waals surface area contributed by atoms with E-state index in [0.717, 1.165) is 12.2 Å². The van der Waals surface area contributed by atoms with E-state index >= 15 is 0 Å². The Kier molecular flexibility index (Phi) is 3.30. The van der Waals surface area contributed by atoms with Crippen molar-refractivity contribution in [2.75, 3.05) is 12.4 Å². The normalized spacial score (nSPS) is 23.8. The van der Waals surface area contributed by atoms with Crippen LogP contribution in [0.5, 0.6) is 5.75 Å². The monoisotopic (exact) mass is 327 g/mol. The third-order valence-corrected chi connectivity index (χ3v) is 5.73. The Hall–Kier alpha value is -2.74. The van der Waals surface area contributed by atoms with Crippen LogP contribution in [0, 0.1) is 5.92 Å². The molecule has 0 saturated carbocycles. The summed E-state index contributed by atoms with van der Waals surface area (Å²) in [5.74, 6) is 1.93. The summed E-state index contributed by atoms with van der Waals surface area (Å²) < 4.78 is 5.45. The molecule has 0 bridgehead atoms. The zero-order valence-corrected chi connectivity index (χ0v) is 14.3. The molecule has 3 aromatic rings. The maximum absolute atomic E-state index is 5.45. The van der Waals surface area contributed by atoms with Crippen molar-refractivity contribution in [2.45, 2.75) is 18.4 Å². The van der Waals surface area contributed by atoms with Gasteiger partial charge in [0.15, 0.2) is 0 Å². The number of hydrogen-bond donors (Lipinski definition) is 1. The molecule has 124 valence electrons. The van der Waals surface area contributed by atoms with Crippen LogP contribution in [0.3, 0.4) is 0 Å². The molecule has 1 aliphatic carbocycles. The number of benzene rings is 3. The van der Waals surface area contributed by atoms with Gasteiger partial charge in [-0.05, 0) is 52.4 Å². The van der Waals surface area contributed by atoms with Gasteiger partial charge in [-0.1, -0.05) is 54.6 Å². The van der Waals surface area contributed by atoms with Crippen LogP contribution in [-0.4, -0.2) is 7.11 Å². The lowest BCUT2D eigenvalue weighted by Crippen LogP contribution is -2.29. The van der Waals surface area contributed by atoms with Crippen molar-refractivity contribution < 1.29 is 4.74 Å². The number of methoxy groups -OCH3 is 1. The van der Waals surface area contributed by atoms with Crippen LogP contribution in [0.25, 0.3) is 10.8 Å². The average Bonchev–Trinajstić information content (AvgIpc) is 3.17. The molecule has 25 heavy (non-hydrogen) atoms.